The summed E-state index contributed by atoms with van der Waals surface area (Å²) in [5, 5.41) is 4.77. The van der Waals surface area contributed by atoms with Crippen LogP contribution in [-0.2, 0) is 5.41 Å². The highest BCUT2D eigenvalue weighted by molar-refractivity contribution is 6.13. The quantitative estimate of drug-likeness (QED) is 0.153. The standard InChI is InChI=1S/C53H43NO/c1-2-12-35-53(34-11-1,43-18-7-4-8-19-43)44-26-30-46(31-27-44)54(45-28-24-39(25-29-45)42-23-22-38-14-9-10-17-41(38)36-42)47-32-33-50-49(37-47)52-48(20-13-21-51(52)55-50)40-15-5-3-6-16-40/h3-10,13-33,36-37H,1-2,11-12,34-35H2. The van der Waals surface area contributed by atoms with Gasteiger partial charge >= 0.3 is 0 Å². The van der Waals surface area contributed by atoms with Gasteiger partial charge in [0.15, 0.2) is 0 Å². The fourth-order valence-electron chi connectivity index (χ4n) is 9.19. The molecule has 9 aromatic rings. The third kappa shape index (κ3) is 6.09. The first-order valence-electron chi connectivity index (χ1n) is 19.8. The van der Waals surface area contributed by atoms with E-state index in [1.807, 2.05) is 0 Å². The van der Waals surface area contributed by atoms with Crippen molar-refractivity contribution in [1.82, 2.24) is 0 Å². The van der Waals surface area contributed by atoms with Crippen molar-refractivity contribution in [2.75, 3.05) is 4.90 Å². The number of furan rings is 1. The van der Waals surface area contributed by atoms with Crippen LogP contribution >= 0.6 is 0 Å². The molecule has 1 fully saturated rings. The Labute approximate surface area is 323 Å². The van der Waals surface area contributed by atoms with Crippen molar-refractivity contribution in [1.29, 1.82) is 0 Å². The second kappa shape index (κ2) is 14.1. The monoisotopic (exact) mass is 709 g/mol. The Morgan fingerprint density at radius 2 is 1.02 bits per heavy atom. The number of anilines is 3. The maximum atomic E-state index is 6.48. The Kier molecular flexibility index (Phi) is 8.52. The second-order valence-electron chi connectivity index (χ2n) is 15.2. The van der Waals surface area contributed by atoms with Gasteiger partial charge in [-0.3, -0.25) is 0 Å². The molecule has 1 aliphatic carbocycles. The minimum Gasteiger partial charge on any atom is -0.456 e. The Balaban J connectivity index is 1.11. The first kappa shape index (κ1) is 33.2. The normalized spacial score (nSPS) is 14.3. The fraction of sp³-hybridized carbons (Fsp3) is 0.132. The van der Waals surface area contributed by atoms with Gasteiger partial charge in [-0.05, 0) is 112 Å². The van der Waals surface area contributed by atoms with Crippen molar-refractivity contribution < 1.29 is 4.42 Å². The maximum absolute atomic E-state index is 6.48. The molecule has 55 heavy (non-hydrogen) atoms. The lowest BCUT2D eigenvalue weighted by Gasteiger charge is -2.35. The van der Waals surface area contributed by atoms with Crippen LogP contribution < -0.4 is 4.90 Å². The predicted octanol–water partition coefficient (Wildman–Crippen LogP) is 15.2. The van der Waals surface area contributed by atoms with Gasteiger partial charge in [0.25, 0.3) is 0 Å². The fourth-order valence-corrected chi connectivity index (χ4v) is 9.19. The summed E-state index contributed by atoms with van der Waals surface area (Å²) < 4.78 is 6.48. The van der Waals surface area contributed by atoms with Gasteiger partial charge < -0.3 is 9.32 Å². The van der Waals surface area contributed by atoms with Crippen molar-refractivity contribution in [3.8, 4) is 22.3 Å². The van der Waals surface area contributed by atoms with Gasteiger partial charge in [0, 0.05) is 33.2 Å². The summed E-state index contributed by atoms with van der Waals surface area (Å²) in [4.78, 5) is 2.40. The minimum absolute atomic E-state index is 0.0328. The van der Waals surface area contributed by atoms with E-state index in [1.165, 1.54) is 82.7 Å². The molecule has 1 aromatic heterocycles. The molecule has 0 bridgehead atoms. The first-order chi connectivity index (χ1) is 27.2. The van der Waals surface area contributed by atoms with Crippen LogP contribution in [0.25, 0.3) is 55.0 Å². The molecule has 0 saturated heterocycles. The third-order valence-electron chi connectivity index (χ3n) is 12.0. The summed E-state index contributed by atoms with van der Waals surface area (Å²) in [5.74, 6) is 0. The molecule has 1 saturated carbocycles. The highest BCUT2D eigenvalue weighted by atomic mass is 16.3. The van der Waals surface area contributed by atoms with E-state index in [2.05, 4.69) is 193 Å². The molecule has 10 rings (SSSR count). The largest absolute Gasteiger partial charge is 0.456 e. The number of hydrogen-bond acceptors (Lipinski definition) is 2. The van der Waals surface area contributed by atoms with Crippen LogP contribution in [0.15, 0.2) is 192 Å². The van der Waals surface area contributed by atoms with E-state index in [0.29, 0.717) is 0 Å². The molecule has 0 amide bonds. The number of nitrogens with zero attached hydrogens (tertiary/aromatic N) is 1. The van der Waals surface area contributed by atoms with Gasteiger partial charge in [-0.1, -0.05) is 159 Å². The number of hydrogen-bond donors (Lipinski definition) is 0. The lowest BCUT2D eigenvalue weighted by atomic mass is 9.69. The molecule has 2 heteroatoms. The van der Waals surface area contributed by atoms with Gasteiger partial charge in [0.05, 0.1) is 0 Å². The van der Waals surface area contributed by atoms with Crippen LogP contribution in [0.1, 0.15) is 49.7 Å². The van der Waals surface area contributed by atoms with Gasteiger partial charge in [-0.2, -0.15) is 0 Å². The van der Waals surface area contributed by atoms with Crippen LogP contribution in [0.5, 0.6) is 0 Å². The molecule has 1 aliphatic rings. The van der Waals surface area contributed by atoms with Gasteiger partial charge in [0.1, 0.15) is 11.2 Å². The predicted molar refractivity (Wildman–Crippen MR) is 232 cm³/mol. The van der Waals surface area contributed by atoms with E-state index in [0.717, 1.165) is 39.0 Å². The lowest BCUT2D eigenvalue weighted by molar-refractivity contribution is 0.446. The first-order valence-corrected chi connectivity index (χ1v) is 19.8. The highest BCUT2D eigenvalue weighted by Crippen LogP contribution is 2.46. The highest BCUT2D eigenvalue weighted by Gasteiger charge is 2.34. The van der Waals surface area contributed by atoms with Crippen LogP contribution in [0, 0.1) is 0 Å². The second-order valence-corrected chi connectivity index (χ2v) is 15.2. The molecule has 8 aromatic carbocycles. The van der Waals surface area contributed by atoms with Crippen LogP contribution in [0.4, 0.5) is 17.1 Å². The smallest absolute Gasteiger partial charge is 0.136 e. The number of benzene rings is 8. The molecule has 0 spiro atoms. The van der Waals surface area contributed by atoms with E-state index in [-0.39, 0.29) is 5.41 Å². The van der Waals surface area contributed by atoms with E-state index in [1.54, 1.807) is 0 Å². The van der Waals surface area contributed by atoms with Crippen molar-refractivity contribution >= 4 is 49.8 Å². The molecule has 0 radical (unpaired) electrons. The summed E-state index contributed by atoms with van der Waals surface area (Å²) in [6, 6.07) is 68.8. The van der Waals surface area contributed by atoms with Crippen molar-refractivity contribution in [3.05, 3.63) is 199 Å². The zero-order valence-electron chi connectivity index (χ0n) is 31.0. The zero-order valence-corrected chi connectivity index (χ0v) is 31.0. The molecule has 0 atom stereocenters. The molecular weight excluding hydrogens is 667 g/mol. The molecule has 0 unspecified atom stereocenters. The van der Waals surface area contributed by atoms with Crippen LogP contribution in [0.2, 0.25) is 0 Å². The van der Waals surface area contributed by atoms with Crippen molar-refractivity contribution in [2.45, 2.75) is 43.9 Å². The molecular formula is C53H43NO. The Morgan fingerprint density at radius 1 is 0.400 bits per heavy atom. The maximum Gasteiger partial charge on any atom is 0.136 e. The van der Waals surface area contributed by atoms with Crippen LogP contribution in [0.3, 0.4) is 0 Å². The third-order valence-corrected chi connectivity index (χ3v) is 12.0. The lowest BCUT2D eigenvalue weighted by Crippen LogP contribution is -2.27. The Bertz CT molecular complexity index is 2740. The number of rotatable bonds is 7. The summed E-state index contributed by atoms with van der Waals surface area (Å²) in [7, 11) is 0. The molecule has 0 aliphatic heterocycles. The van der Waals surface area contributed by atoms with Gasteiger partial charge in [-0.15, -0.1) is 0 Å². The Hall–Kier alpha value is -6.38. The molecule has 1 heterocycles. The summed E-state index contributed by atoms with van der Waals surface area (Å²) in [6.07, 6.45) is 7.51. The van der Waals surface area contributed by atoms with E-state index >= 15 is 0 Å². The van der Waals surface area contributed by atoms with Crippen molar-refractivity contribution in [2.24, 2.45) is 0 Å². The van der Waals surface area contributed by atoms with Crippen LogP contribution in [-0.4, -0.2) is 0 Å². The zero-order chi connectivity index (χ0) is 36.6. The SMILES string of the molecule is c1ccc(-c2cccc3oc4ccc(N(c5ccc(-c6ccc7ccccc7c6)cc5)c5ccc(C6(c7ccccc7)CCCCCC6)cc5)cc4c23)cc1. The average Bonchev–Trinajstić information content (AvgIpc) is 3.44. The number of fused-ring (bicyclic) bond motifs is 4. The minimum atomic E-state index is 0.0328. The molecule has 2 nitrogen and oxygen atoms in total. The van der Waals surface area contributed by atoms with E-state index in [4.69, 9.17) is 4.42 Å². The molecule has 266 valence electrons. The van der Waals surface area contributed by atoms with Gasteiger partial charge in [0.2, 0.25) is 0 Å². The van der Waals surface area contributed by atoms with E-state index in [9.17, 15) is 0 Å². The summed E-state index contributed by atoms with van der Waals surface area (Å²) >= 11 is 0. The topological polar surface area (TPSA) is 16.4 Å². The van der Waals surface area contributed by atoms with Gasteiger partial charge in [-0.25, -0.2) is 0 Å². The van der Waals surface area contributed by atoms with E-state index < -0.39 is 0 Å². The van der Waals surface area contributed by atoms with Crippen molar-refractivity contribution in [3.63, 3.8) is 0 Å². The Morgan fingerprint density at radius 3 is 1.76 bits per heavy atom. The average molecular weight is 710 g/mol. The summed E-state index contributed by atoms with van der Waals surface area (Å²) in [6.45, 7) is 0. The molecule has 0 N–H and O–H groups in total. The summed E-state index contributed by atoms with van der Waals surface area (Å²) in [5.41, 5.74) is 12.8.